The molecule has 1 amide bonds. The van der Waals surface area contributed by atoms with Gasteiger partial charge in [0, 0.05) is 18.0 Å². The van der Waals surface area contributed by atoms with Crippen molar-refractivity contribution >= 4 is 23.2 Å². The average molecular weight is 284 g/mol. The predicted octanol–water partition coefficient (Wildman–Crippen LogP) is 1.71. The van der Waals surface area contributed by atoms with Crippen molar-refractivity contribution in [1.82, 2.24) is 10.2 Å². The van der Waals surface area contributed by atoms with E-state index in [0.717, 1.165) is 16.9 Å². The minimum absolute atomic E-state index is 0.00399. The molecule has 0 radical (unpaired) electrons. The van der Waals surface area contributed by atoms with Crippen LogP contribution < -0.4 is 5.32 Å². The molecular weight excluding hydrogens is 264 g/mol. The fourth-order valence-electron chi connectivity index (χ4n) is 1.69. The number of amides is 1. The zero-order valence-electron chi connectivity index (χ0n) is 11.5. The highest BCUT2D eigenvalue weighted by molar-refractivity contribution is 7.14. The largest absolute Gasteiger partial charge is 0.477 e. The predicted molar refractivity (Wildman–Crippen MR) is 75.7 cm³/mol. The Hall–Kier alpha value is -1.40. The average Bonchev–Trinajstić information content (AvgIpc) is 2.68. The summed E-state index contributed by atoms with van der Waals surface area (Å²) >= 11 is 1.27. The number of nitrogens with one attached hydrogen (secondary N) is 1. The number of likely N-dealkylation sites (N-methyl/N-ethyl adjacent to an activating group) is 1. The van der Waals surface area contributed by atoms with Crippen molar-refractivity contribution < 1.29 is 14.7 Å². The molecule has 19 heavy (non-hydrogen) atoms. The van der Waals surface area contributed by atoms with Gasteiger partial charge in [0.2, 0.25) is 5.91 Å². The van der Waals surface area contributed by atoms with E-state index in [1.807, 2.05) is 25.8 Å². The highest BCUT2D eigenvalue weighted by Crippen LogP contribution is 2.22. The summed E-state index contributed by atoms with van der Waals surface area (Å²) in [4.78, 5) is 25.6. The molecule has 1 aromatic rings. The number of hydrogen-bond acceptors (Lipinski definition) is 4. The minimum atomic E-state index is -0.900. The number of aryl methyl sites for hydroxylation is 1. The molecular formula is C13H20N2O3S. The van der Waals surface area contributed by atoms with Gasteiger partial charge in [-0.05, 0) is 32.0 Å². The second-order valence-corrected chi connectivity index (χ2v) is 5.78. The fraction of sp³-hybridized carbons (Fsp3) is 0.538. The molecule has 0 unspecified atom stereocenters. The SMILES string of the molecule is CCCNC(=O)CN(C)Cc1cc(C(=O)O)sc1C. The highest BCUT2D eigenvalue weighted by atomic mass is 32.1. The maximum Gasteiger partial charge on any atom is 0.345 e. The van der Waals surface area contributed by atoms with Gasteiger partial charge in [-0.3, -0.25) is 9.69 Å². The van der Waals surface area contributed by atoms with Gasteiger partial charge in [0.15, 0.2) is 0 Å². The Balaban J connectivity index is 2.54. The maximum absolute atomic E-state index is 11.6. The van der Waals surface area contributed by atoms with Crippen molar-refractivity contribution in [2.24, 2.45) is 0 Å². The van der Waals surface area contributed by atoms with E-state index >= 15 is 0 Å². The first-order valence-corrected chi connectivity index (χ1v) is 7.03. The third-order valence-corrected chi connectivity index (χ3v) is 3.74. The van der Waals surface area contributed by atoms with Gasteiger partial charge in [-0.15, -0.1) is 11.3 Å². The number of carboxylic acid groups (broad SMARTS) is 1. The Morgan fingerprint density at radius 3 is 2.68 bits per heavy atom. The number of carbonyl (C=O) groups excluding carboxylic acids is 1. The van der Waals surface area contributed by atoms with Crippen LogP contribution in [0.5, 0.6) is 0 Å². The van der Waals surface area contributed by atoms with Gasteiger partial charge in [-0.25, -0.2) is 4.79 Å². The lowest BCUT2D eigenvalue weighted by molar-refractivity contribution is -0.122. The van der Waals surface area contributed by atoms with E-state index < -0.39 is 5.97 Å². The standard InChI is InChI=1S/C13H20N2O3S/c1-4-5-14-12(16)8-15(3)7-10-6-11(13(17)18)19-9(10)2/h6H,4-5,7-8H2,1-3H3,(H,14,16)(H,17,18). The molecule has 0 bridgehead atoms. The van der Waals surface area contributed by atoms with E-state index in [1.54, 1.807) is 6.07 Å². The summed E-state index contributed by atoms with van der Waals surface area (Å²) in [6, 6.07) is 1.68. The molecule has 0 fully saturated rings. The van der Waals surface area contributed by atoms with Crippen molar-refractivity contribution in [3.63, 3.8) is 0 Å². The summed E-state index contributed by atoms with van der Waals surface area (Å²) in [6.45, 7) is 5.49. The zero-order chi connectivity index (χ0) is 14.4. The molecule has 1 heterocycles. The maximum atomic E-state index is 11.6. The lowest BCUT2D eigenvalue weighted by Crippen LogP contribution is -2.35. The Bertz CT molecular complexity index is 457. The van der Waals surface area contributed by atoms with Crippen LogP contribution in [0.3, 0.4) is 0 Å². The first-order chi connectivity index (χ1) is 8.93. The quantitative estimate of drug-likeness (QED) is 0.800. The number of nitrogens with zero attached hydrogens (tertiary/aromatic N) is 1. The number of carboxylic acids is 1. The summed E-state index contributed by atoms with van der Waals surface area (Å²) in [7, 11) is 1.85. The van der Waals surface area contributed by atoms with Crippen LogP contribution in [0.4, 0.5) is 0 Å². The molecule has 1 rings (SSSR count). The molecule has 6 heteroatoms. The van der Waals surface area contributed by atoms with Crippen LogP contribution in [0.1, 0.15) is 33.5 Å². The third-order valence-electron chi connectivity index (χ3n) is 2.66. The lowest BCUT2D eigenvalue weighted by Gasteiger charge is -2.15. The van der Waals surface area contributed by atoms with Crippen LogP contribution in [0, 0.1) is 6.92 Å². The molecule has 0 saturated heterocycles. The summed E-state index contributed by atoms with van der Waals surface area (Å²) in [5.74, 6) is -0.904. The van der Waals surface area contributed by atoms with Gasteiger partial charge in [0.1, 0.15) is 4.88 Å². The topological polar surface area (TPSA) is 69.6 Å². The number of thiophene rings is 1. The van der Waals surface area contributed by atoms with E-state index in [9.17, 15) is 9.59 Å². The van der Waals surface area contributed by atoms with Crippen molar-refractivity contribution in [3.8, 4) is 0 Å². The van der Waals surface area contributed by atoms with Gasteiger partial charge in [0.25, 0.3) is 0 Å². The van der Waals surface area contributed by atoms with E-state index in [1.165, 1.54) is 11.3 Å². The van der Waals surface area contributed by atoms with Crippen molar-refractivity contribution in [1.29, 1.82) is 0 Å². The Morgan fingerprint density at radius 2 is 2.16 bits per heavy atom. The first kappa shape index (κ1) is 15.7. The summed E-state index contributed by atoms with van der Waals surface area (Å²) in [6.07, 6.45) is 0.918. The third kappa shape index (κ3) is 5.00. The number of carbonyl (C=O) groups is 2. The lowest BCUT2D eigenvalue weighted by atomic mass is 10.2. The first-order valence-electron chi connectivity index (χ1n) is 6.21. The molecule has 1 aromatic heterocycles. The number of rotatable bonds is 7. The minimum Gasteiger partial charge on any atom is -0.477 e. The Morgan fingerprint density at radius 1 is 1.47 bits per heavy atom. The van der Waals surface area contributed by atoms with Crippen molar-refractivity contribution in [2.45, 2.75) is 26.8 Å². The van der Waals surface area contributed by atoms with Crippen LogP contribution >= 0.6 is 11.3 Å². The van der Waals surface area contributed by atoms with Crippen LogP contribution in [0.2, 0.25) is 0 Å². The monoisotopic (exact) mass is 284 g/mol. The molecule has 5 nitrogen and oxygen atoms in total. The molecule has 0 atom stereocenters. The number of aromatic carboxylic acids is 1. The summed E-state index contributed by atoms with van der Waals surface area (Å²) in [5, 5.41) is 11.7. The Kier molecular flexibility index (Phi) is 5.98. The van der Waals surface area contributed by atoms with Crippen molar-refractivity contribution in [2.75, 3.05) is 20.1 Å². The second kappa shape index (κ2) is 7.25. The molecule has 0 aliphatic carbocycles. The molecule has 106 valence electrons. The number of hydrogen-bond donors (Lipinski definition) is 2. The molecule has 0 spiro atoms. The molecule has 0 aliphatic rings. The smallest absolute Gasteiger partial charge is 0.345 e. The van der Waals surface area contributed by atoms with Gasteiger partial charge in [-0.1, -0.05) is 6.92 Å². The van der Waals surface area contributed by atoms with Gasteiger partial charge in [0.05, 0.1) is 6.54 Å². The van der Waals surface area contributed by atoms with Crippen LogP contribution in [0.25, 0.3) is 0 Å². The Labute approximate surface area is 117 Å². The normalized spacial score (nSPS) is 10.7. The van der Waals surface area contributed by atoms with E-state index in [4.69, 9.17) is 5.11 Å². The second-order valence-electron chi connectivity index (χ2n) is 4.52. The fourth-order valence-corrected chi connectivity index (χ4v) is 2.57. The van der Waals surface area contributed by atoms with Crippen molar-refractivity contribution in [3.05, 3.63) is 21.4 Å². The molecule has 0 aliphatic heterocycles. The van der Waals surface area contributed by atoms with Crippen LogP contribution in [-0.4, -0.2) is 42.0 Å². The summed E-state index contributed by atoms with van der Waals surface area (Å²) in [5.41, 5.74) is 0.966. The van der Waals surface area contributed by atoms with E-state index in [-0.39, 0.29) is 5.91 Å². The van der Waals surface area contributed by atoms with E-state index in [0.29, 0.717) is 24.5 Å². The van der Waals surface area contributed by atoms with E-state index in [2.05, 4.69) is 5.32 Å². The molecule has 2 N–H and O–H groups in total. The van der Waals surface area contributed by atoms with Gasteiger partial charge >= 0.3 is 5.97 Å². The zero-order valence-corrected chi connectivity index (χ0v) is 12.3. The van der Waals surface area contributed by atoms with Crippen LogP contribution in [0.15, 0.2) is 6.07 Å². The summed E-state index contributed by atoms with van der Waals surface area (Å²) < 4.78 is 0. The highest BCUT2D eigenvalue weighted by Gasteiger charge is 2.13. The van der Waals surface area contributed by atoms with Gasteiger partial charge in [-0.2, -0.15) is 0 Å². The molecule has 0 saturated carbocycles. The molecule has 0 aromatic carbocycles. The van der Waals surface area contributed by atoms with Crippen LogP contribution in [-0.2, 0) is 11.3 Å². The van der Waals surface area contributed by atoms with Gasteiger partial charge < -0.3 is 10.4 Å².